The van der Waals surface area contributed by atoms with Gasteiger partial charge in [0.05, 0.1) is 25.9 Å². The van der Waals surface area contributed by atoms with Crippen LogP contribution in [-0.2, 0) is 47.7 Å². The SMILES string of the molecule is CCCCCC[C@H]1C=C([C@]2(C(=O)OC)C[C@@H]([C@@H](O)[C@H]3CC=CC(=O)O3)C[C@@]23C(=O)O[C@@H](O)[C@H]3C(=O)OC)C(=O)O1. The number of unbranched alkanes of at least 4 members (excludes halogenated alkanes) is 3. The maximum atomic E-state index is 13.9. The molecule has 1 saturated heterocycles. The third-order valence-electron chi connectivity index (χ3n) is 8.70. The zero-order chi connectivity index (χ0) is 29.2. The minimum atomic E-state index is -2.19. The van der Waals surface area contributed by atoms with Crippen LogP contribution in [0.4, 0.5) is 0 Å². The summed E-state index contributed by atoms with van der Waals surface area (Å²) >= 11 is 0. The van der Waals surface area contributed by atoms with Crippen molar-refractivity contribution in [2.24, 2.45) is 22.7 Å². The fraction of sp³-hybridized carbons (Fsp3) is 0.679. The lowest BCUT2D eigenvalue weighted by Gasteiger charge is -2.40. The Labute approximate surface area is 231 Å². The molecule has 0 unspecified atom stereocenters. The molecule has 2 N–H and O–H groups in total. The van der Waals surface area contributed by atoms with Gasteiger partial charge in [0, 0.05) is 12.5 Å². The van der Waals surface area contributed by atoms with Gasteiger partial charge in [-0.05, 0) is 37.7 Å². The summed E-state index contributed by atoms with van der Waals surface area (Å²) < 4.78 is 26.1. The van der Waals surface area contributed by atoms with Gasteiger partial charge in [-0.2, -0.15) is 0 Å². The summed E-state index contributed by atoms with van der Waals surface area (Å²) in [4.78, 5) is 65.9. The third kappa shape index (κ3) is 4.70. The van der Waals surface area contributed by atoms with E-state index in [-0.39, 0.29) is 24.8 Å². The maximum absolute atomic E-state index is 13.9. The van der Waals surface area contributed by atoms with Crippen LogP contribution in [0.2, 0.25) is 0 Å². The van der Waals surface area contributed by atoms with Crippen molar-refractivity contribution < 1.29 is 57.9 Å². The highest BCUT2D eigenvalue weighted by molar-refractivity contribution is 6.06. The zero-order valence-corrected chi connectivity index (χ0v) is 22.8. The van der Waals surface area contributed by atoms with Gasteiger partial charge in [-0.3, -0.25) is 14.4 Å². The Morgan fingerprint density at radius 3 is 2.48 bits per heavy atom. The fourth-order valence-corrected chi connectivity index (χ4v) is 6.89. The van der Waals surface area contributed by atoms with E-state index in [0.29, 0.717) is 6.42 Å². The van der Waals surface area contributed by atoms with E-state index < -0.39 is 77.1 Å². The Balaban J connectivity index is 1.85. The molecule has 4 aliphatic rings. The van der Waals surface area contributed by atoms with E-state index in [0.717, 1.165) is 39.9 Å². The molecule has 12 heteroatoms. The van der Waals surface area contributed by atoms with E-state index in [1.165, 1.54) is 18.2 Å². The lowest BCUT2D eigenvalue weighted by Crippen LogP contribution is -2.55. The van der Waals surface area contributed by atoms with Crippen LogP contribution in [0.15, 0.2) is 23.8 Å². The zero-order valence-electron chi connectivity index (χ0n) is 22.8. The third-order valence-corrected chi connectivity index (χ3v) is 8.70. The second-order valence-electron chi connectivity index (χ2n) is 10.8. The second kappa shape index (κ2) is 11.7. The van der Waals surface area contributed by atoms with Crippen LogP contribution in [0, 0.1) is 22.7 Å². The molecule has 2 fully saturated rings. The number of carbonyl (C=O) groups excluding carboxylic acids is 5. The molecule has 1 spiro atoms. The minimum Gasteiger partial charge on any atom is -0.469 e. The van der Waals surface area contributed by atoms with Crippen LogP contribution in [0.5, 0.6) is 0 Å². The lowest BCUT2D eigenvalue weighted by molar-refractivity contribution is -0.172. The highest BCUT2D eigenvalue weighted by Gasteiger charge is 2.79. The summed E-state index contributed by atoms with van der Waals surface area (Å²) in [7, 11) is 2.12. The molecule has 8 atom stereocenters. The quantitative estimate of drug-likeness (QED) is 0.221. The number of aliphatic hydroxyl groups is 2. The molecule has 12 nitrogen and oxygen atoms in total. The number of hydrogen-bond acceptors (Lipinski definition) is 12. The van der Waals surface area contributed by atoms with Crippen LogP contribution in [0.3, 0.4) is 0 Å². The number of ether oxygens (including phenoxy) is 5. The van der Waals surface area contributed by atoms with Crippen molar-refractivity contribution in [3.05, 3.63) is 23.8 Å². The first kappa shape index (κ1) is 29.7. The Hall–Kier alpha value is -3.25. The predicted molar refractivity (Wildman–Crippen MR) is 134 cm³/mol. The molecule has 3 heterocycles. The summed E-state index contributed by atoms with van der Waals surface area (Å²) in [6.45, 7) is 2.06. The molecular weight excluding hydrogens is 528 g/mol. The molecule has 1 aliphatic carbocycles. The number of carbonyl (C=O) groups is 5. The van der Waals surface area contributed by atoms with Gasteiger partial charge < -0.3 is 33.9 Å². The van der Waals surface area contributed by atoms with Gasteiger partial charge >= 0.3 is 29.8 Å². The standard InChI is InChI=1S/C28H36O12/c1-4-5-6-7-9-16-12-17(22(31)38-16)27(25(34)37-3)13-15(21(30)18-10-8-11-19(29)39-18)14-28(27)20(23(32)36-2)24(33)40-26(28)35/h8,11-12,15-16,18,20-21,24,30,33H,4-7,9-10,13-14H2,1-3H3/t15-,16+,18-,20-,21-,24-,27+,28-/m1/s1. The first-order valence-corrected chi connectivity index (χ1v) is 13.6. The predicted octanol–water partition coefficient (Wildman–Crippen LogP) is 1.26. The molecular formula is C28H36O12. The van der Waals surface area contributed by atoms with Gasteiger partial charge in [0.2, 0.25) is 6.29 Å². The summed E-state index contributed by atoms with van der Waals surface area (Å²) in [5.74, 6) is -7.42. The van der Waals surface area contributed by atoms with Crippen molar-refractivity contribution in [1.82, 2.24) is 0 Å². The van der Waals surface area contributed by atoms with E-state index in [2.05, 4.69) is 6.92 Å². The van der Waals surface area contributed by atoms with Gasteiger partial charge in [-0.1, -0.05) is 32.3 Å². The van der Waals surface area contributed by atoms with Gasteiger partial charge in [-0.25, -0.2) is 9.59 Å². The van der Waals surface area contributed by atoms with Gasteiger partial charge in [0.25, 0.3) is 0 Å². The molecule has 1 saturated carbocycles. The van der Waals surface area contributed by atoms with Crippen molar-refractivity contribution in [1.29, 1.82) is 0 Å². The fourth-order valence-electron chi connectivity index (χ4n) is 6.89. The van der Waals surface area contributed by atoms with E-state index in [4.69, 9.17) is 23.7 Å². The first-order valence-electron chi connectivity index (χ1n) is 13.6. The number of hydrogen-bond donors (Lipinski definition) is 2. The second-order valence-corrected chi connectivity index (χ2v) is 10.8. The van der Waals surface area contributed by atoms with Crippen LogP contribution in [0.1, 0.15) is 58.3 Å². The monoisotopic (exact) mass is 564 g/mol. The Morgan fingerprint density at radius 2 is 1.82 bits per heavy atom. The molecule has 0 aromatic carbocycles. The van der Waals surface area contributed by atoms with Gasteiger partial charge in [0.1, 0.15) is 29.0 Å². The van der Waals surface area contributed by atoms with Crippen LogP contribution in [0.25, 0.3) is 0 Å². The van der Waals surface area contributed by atoms with E-state index >= 15 is 0 Å². The van der Waals surface area contributed by atoms with E-state index in [1.807, 2.05) is 0 Å². The number of cyclic esters (lactones) is 3. The van der Waals surface area contributed by atoms with E-state index in [9.17, 15) is 34.2 Å². The summed E-state index contributed by atoms with van der Waals surface area (Å²) in [6.07, 6.45) is 2.71. The van der Waals surface area contributed by atoms with Crippen molar-refractivity contribution in [3.8, 4) is 0 Å². The van der Waals surface area contributed by atoms with Crippen LogP contribution < -0.4 is 0 Å². The Bertz CT molecular complexity index is 1110. The molecule has 4 rings (SSSR count). The van der Waals surface area contributed by atoms with E-state index in [1.54, 1.807) is 0 Å². The molecule has 0 aromatic heterocycles. The molecule has 0 aromatic rings. The maximum Gasteiger partial charge on any atom is 0.335 e. The minimum absolute atomic E-state index is 0.166. The van der Waals surface area contributed by atoms with Crippen LogP contribution >= 0.6 is 0 Å². The summed E-state index contributed by atoms with van der Waals surface area (Å²) in [5.41, 5.74) is -4.56. The molecule has 220 valence electrons. The lowest BCUT2D eigenvalue weighted by atomic mass is 9.56. The van der Waals surface area contributed by atoms with Gasteiger partial charge in [-0.15, -0.1) is 0 Å². The van der Waals surface area contributed by atoms with Gasteiger partial charge in [0.15, 0.2) is 0 Å². The summed E-state index contributed by atoms with van der Waals surface area (Å²) in [5, 5.41) is 22.1. The average Bonchev–Trinajstić information content (AvgIpc) is 3.57. The topological polar surface area (TPSA) is 172 Å². The number of esters is 5. The van der Waals surface area contributed by atoms with Crippen molar-refractivity contribution in [3.63, 3.8) is 0 Å². The Morgan fingerprint density at radius 1 is 1.07 bits per heavy atom. The van der Waals surface area contributed by atoms with Crippen LogP contribution in [-0.4, -0.2) is 78.9 Å². The smallest absolute Gasteiger partial charge is 0.335 e. The highest BCUT2D eigenvalue weighted by Crippen LogP contribution is 2.68. The summed E-state index contributed by atoms with van der Waals surface area (Å²) in [6, 6.07) is 0. The largest absolute Gasteiger partial charge is 0.469 e. The van der Waals surface area contributed by atoms with Crippen molar-refractivity contribution >= 4 is 29.8 Å². The highest BCUT2D eigenvalue weighted by atomic mass is 16.6. The number of rotatable bonds is 10. The Kier molecular flexibility index (Phi) is 8.69. The molecule has 0 amide bonds. The normalized spacial score (nSPS) is 35.7. The van der Waals surface area contributed by atoms with Crippen molar-refractivity contribution in [2.75, 3.05) is 14.2 Å². The molecule has 40 heavy (non-hydrogen) atoms. The average molecular weight is 565 g/mol. The molecule has 0 bridgehead atoms. The molecule has 3 aliphatic heterocycles. The van der Waals surface area contributed by atoms with Crippen molar-refractivity contribution in [2.45, 2.75) is 82.9 Å². The first-order chi connectivity index (χ1) is 19.1. The number of aliphatic hydroxyl groups excluding tert-OH is 2. The number of methoxy groups -OCH3 is 2. The molecule has 0 radical (unpaired) electrons.